The molecule has 0 saturated carbocycles. The maximum atomic E-state index is 12.3. The molecule has 3 aromatic rings. The molecule has 6 heteroatoms. The van der Waals surface area contributed by atoms with Crippen LogP contribution < -0.4 is 5.56 Å². The van der Waals surface area contributed by atoms with E-state index in [4.69, 9.17) is 4.42 Å². The lowest BCUT2D eigenvalue weighted by atomic mass is 10.2. The minimum Gasteiger partial charge on any atom is -0.463 e. The Labute approximate surface area is 112 Å². The molecule has 0 aliphatic rings. The van der Waals surface area contributed by atoms with E-state index in [1.165, 1.54) is 28.6 Å². The van der Waals surface area contributed by atoms with Crippen molar-refractivity contribution >= 4 is 27.8 Å². The second-order valence-corrected chi connectivity index (χ2v) is 5.32. The van der Waals surface area contributed by atoms with Crippen LogP contribution in [0, 0.1) is 13.8 Å². The molecule has 0 N–H and O–H groups in total. The van der Waals surface area contributed by atoms with E-state index in [0.717, 1.165) is 15.3 Å². The van der Waals surface area contributed by atoms with Gasteiger partial charge in [0.25, 0.3) is 5.56 Å². The summed E-state index contributed by atoms with van der Waals surface area (Å²) >= 11 is 1.52. The Morgan fingerprint density at radius 1 is 1.47 bits per heavy atom. The van der Waals surface area contributed by atoms with Crippen LogP contribution in [-0.2, 0) is 0 Å². The molecule has 0 fully saturated rings. The molecular weight excluding hydrogens is 262 g/mol. The summed E-state index contributed by atoms with van der Waals surface area (Å²) < 4.78 is 6.35. The predicted molar refractivity (Wildman–Crippen MR) is 75.1 cm³/mol. The lowest BCUT2D eigenvalue weighted by molar-refractivity contribution is 0.559. The van der Waals surface area contributed by atoms with E-state index in [9.17, 15) is 4.79 Å². The molecule has 3 aromatic heterocycles. The number of aryl methyl sites for hydroxylation is 2. The standard InChI is InChI=1S/C13H11N3O2S/c1-8-9(2)19-12-11(8)13(17)16(7-14-12)15-6-10-4-3-5-18-10/h3-7H,1-2H3. The first-order chi connectivity index (χ1) is 9.16. The van der Waals surface area contributed by atoms with Crippen LogP contribution in [0.15, 0.2) is 39.0 Å². The van der Waals surface area contributed by atoms with Crippen LogP contribution in [0.1, 0.15) is 16.2 Å². The molecule has 0 aromatic carbocycles. The predicted octanol–water partition coefficient (Wildman–Crippen LogP) is 2.55. The summed E-state index contributed by atoms with van der Waals surface area (Å²) in [7, 11) is 0. The smallest absolute Gasteiger partial charge is 0.282 e. The van der Waals surface area contributed by atoms with Gasteiger partial charge in [0.1, 0.15) is 16.9 Å². The molecule has 3 heterocycles. The lowest BCUT2D eigenvalue weighted by Gasteiger charge is -1.97. The average Bonchev–Trinajstić information content (AvgIpc) is 2.99. The first-order valence-electron chi connectivity index (χ1n) is 5.72. The molecule has 3 rings (SSSR count). The molecule has 0 spiro atoms. The van der Waals surface area contributed by atoms with Gasteiger partial charge in [-0.25, -0.2) is 4.98 Å². The van der Waals surface area contributed by atoms with Gasteiger partial charge in [0.05, 0.1) is 17.9 Å². The molecule has 0 bridgehead atoms. The Bertz CT molecular complexity index is 812. The summed E-state index contributed by atoms with van der Waals surface area (Å²) in [5.74, 6) is 0.588. The first kappa shape index (κ1) is 11.9. The van der Waals surface area contributed by atoms with Crippen molar-refractivity contribution in [1.29, 1.82) is 0 Å². The maximum Gasteiger partial charge on any atom is 0.282 e. The van der Waals surface area contributed by atoms with Gasteiger partial charge in [0.15, 0.2) is 0 Å². The van der Waals surface area contributed by atoms with Gasteiger partial charge in [-0.2, -0.15) is 9.78 Å². The van der Waals surface area contributed by atoms with Gasteiger partial charge in [0, 0.05) is 4.88 Å². The summed E-state index contributed by atoms with van der Waals surface area (Å²) in [6, 6.07) is 3.53. The SMILES string of the molecule is Cc1sc2ncn(N=Cc3ccco3)c(=O)c2c1C. The quantitative estimate of drug-likeness (QED) is 0.674. The fourth-order valence-electron chi connectivity index (χ4n) is 1.79. The topological polar surface area (TPSA) is 60.4 Å². The van der Waals surface area contributed by atoms with Gasteiger partial charge in [-0.15, -0.1) is 11.3 Å². The molecule has 0 amide bonds. The first-order valence-corrected chi connectivity index (χ1v) is 6.53. The summed E-state index contributed by atoms with van der Waals surface area (Å²) in [6.45, 7) is 3.91. The highest BCUT2D eigenvalue weighted by Crippen LogP contribution is 2.25. The third-order valence-electron chi connectivity index (χ3n) is 2.93. The Balaban J connectivity index is 2.13. The van der Waals surface area contributed by atoms with Crippen LogP contribution in [0.25, 0.3) is 10.2 Å². The molecule has 0 aliphatic carbocycles. The number of hydrogen-bond acceptors (Lipinski definition) is 5. The van der Waals surface area contributed by atoms with E-state index >= 15 is 0 Å². The van der Waals surface area contributed by atoms with Crippen molar-refractivity contribution in [2.24, 2.45) is 5.10 Å². The number of nitrogens with zero attached hydrogens (tertiary/aromatic N) is 3. The summed E-state index contributed by atoms with van der Waals surface area (Å²) in [5, 5.41) is 4.72. The van der Waals surface area contributed by atoms with Gasteiger partial charge < -0.3 is 4.42 Å². The monoisotopic (exact) mass is 273 g/mol. The molecule has 96 valence electrons. The number of furan rings is 1. The fourth-order valence-corrected chi connectivity index (χ4v) is 2.78. The van der Waals surface area contributed by atoms with Crippen LogP contribution in [0.3, 0.4) is 0 Å². The molecule has 0 atom stereocenters. The number of fused-ring (bicyclic) bond motifs is 1. The minimum absolute atomic E-state index is 0.158. The number of rotatable bonds is 2. The highest BCUT2D eigenvalue weighted by atomic mass is 32.1. The minimum atomic E-state index is -0.158. The van der Waals surface area contributed by atoms with Crippen molar-refractivity contribution in [2.45, 2.75) is 13.8 Å². The molecule has 0 aliphatic heterocycles. The van der Waals surface area contributed by atoms with Gasteiger partial charge in [-0.05, 0) is 31.5 Å². The highest BCUT2D eigenvalue weighted by Gasteiger charge is 2.11. The summed E-state index contributed by atoms with van der Waals surface area (Å²) in [5.41, 5.74) is 0.815. The summed E-state index contributed by atoms with van der Waals surface area (Å²) in [4.78, 5) is 18.4. The molecule has 0 radical (unpaired) electrons. The Kier molecular flexibility index (Phi) is 2.79. The van der Waals surface area contributed by atoms with E-state index in [1.807, 2.05) is 13.8 Å². The van der Waals surface area contributed by atoms with Crippen LogP contribution in [0.2, 0.25) is 0 Å². The van der Waals surface area contributed by atoms with Gasteiger partial charge in [-0.1, -0.05) is 0 Å². The van der Waals surface area contributed by atoms with Crippen LogP contribution in [-0.4, -0.2) is 15.9 Å². The highest BCUT2D eigenvalue weighted by molar-refractivity contribution is 7.18. The van der Waals surface area contributed by atoms with Crippen molar-refractivity contribution in [3.63, 3.8) is 0 Å². The second kappa shape index (κ2) is 4.47. The number of aromatic nitrogens is 2. The van der Waals surface area contributed by atoms with Gasteiger partial charge >= 0.3 is 0 Å². The molecule has 0 unspecified atom stereocenters. The Hall–Kier alpha value is -2.21. The van der Waals surface area contributed by atoms with E-state index in [1.54, 1.807) is 18.4 Å². The Morgan fingerprint density at radius 2 is 2.32 bits per heavy atom. The van der Waals surface area contributed by atoms with Gasteiger partial charge in [-0.3, -0.25) is 4.79 Å². The fraction of sp³-hybridized carbons (Fsp3) is 0.154. The average molecular weight is 273 g/mol. The summed E-state index contributed by atoms with van der Waals surface area (Å²) in [6.07, 6.45) is 4.47. The molecule has 19 heavy (non-hydrogen) atoms. The molecule has 0 saturated heterocycles. The van der Waals surface area contributed by atoms with Crippen molar-refractivity contribution in [3.8, 4) is 0 Å². The molecule has 5 nitrogen and oxygen atoms in total. The number of hydrogen-bond donors (Lipinski definition) is 0. The van der Waals surface area contributed by atoms with Crippen LogP contribution >= 0.6 is 11.3 Å². The zero-order chi connectivity index (χ0) is 13.4. The van der Waals surface area contributed by atoms with Crippen LogP contribution in [0.4, 0.5) is 0 Å². The lowest BCUT2D eigenvalue weighted by Crippen LogP contribution is -2.16. The Morgan fingerprint density at radius 3 is 3.05 bits per heavy atom. The van der Waals surface area contributed by atoms with Crippen LogP contribution in [0.5, 0.6) is 0 Å². The third-order valence-corrected chi connectivity index (χ3v) is 4.04. The van der Waals surface area contributed by atoms with Crippen molar-refractivity contribution < 1.29 is 4.42 Å². The third kappa shape index (κ3) is 2.00. The largest absolute Gasteiger partial charge is 0.463 e. The van der Waals surface area contributed by atoms with E-state index in [-0.39, 0.29) is 5.56 Å². The zero-order valence-electron chi connectivity index (χ0n) is 10.5. The van der Waals surface area contributed by atoms with Crippen molar-refractivity contribution in [2.75, 3.05) is 0 Å². The normalized spacial score (nSPS) is 11.7. The van der Waals surface area contributed by atoms with E-state index in [2.05, 4.69) is 10.1 Å². The zero-order valence-corrected chi connectivity index (χ0v) is 11.3. The van der Waals surface area contributed by atoms with Crippen molar-refractivity contribution in [1.82, 2.24) is 9.66 Å². The van der Waals surface area contributed by atoms with Crippen molar-refractivity contribution in [3.05, 3.63) is 51.3 Å². The van der Waals surface area contributed by atoms with E-state index < -0.39 is 0 Å². The van der Waals surface area contributed by atoms with E-state index in [0.29, 0.717) is 11.1 Å². The maximum absolute atomic E-state index is 12.3. The number of thiophene rings is 1. The van der Waals surface area contributed by atoms with Gasteiger partial charge in [0.2, 0.25) is 0 Å². The molecular formula is C13H11N3O2S. The second-order valence-electron chi connectivity index (χ2n) is 4.12.